The molecule has 0 bridgehead atoms. The molecule has 0 aliphatic carbocycles. The average Bonchev–Trinajstić information content (AvgIpc) is 2.38. The lowest BCUT2D eigenvalue weighted by Crippen LogP contribution is -2.36. The number of fused-ring (bicyclic) bond motifs is 1. The van der Waals surface area contributed by atoms with E-state index in [4.69, 9.17) is 0 Å². The van der Waals surface area contributed by atoms with Crippen LogP contribution in [0.25, 0.3) is 5.57 Å². The molecule has 2 heterocycles. The Kier molecular flexibility index (Phi) is 2.74. The summed E-state index contributed by atoms with van der Waals surface area (Å²) in [4.78, 5) is 1.95. The molecular weight excluding hydrogens is 248 g/mol. The van der Waals surface area contributed by atoms with Gasteiger partial charge in [-0.3, -0.25) is 9.11 Å². The van der Waals surface area contributed by atoms with Crippen molar-refractivity contribution in [1.82, 2.24) is 4.90 Å². The summed E-state index contributed by atoms with van der Waals surface area (Å²) >= 11 is 0. The van der Waals surface area contributed by atoms with Crippen molar-refractivity contribution in [3.05, 3.63) is 54.2 Å². The molecule has 0 spiro atoms. The summed E-state index contributed by atoms with van der Waals surface area (Å²) < 4.78 is 23.6. The van der Waals surface area contributed by atoms with Gasteiger partial charge in [-0.2, -0.15) is 0 Å². The Morgan fingerprint density at radius 2 is 2.06 bits per heavy atom. The Morgan fingerprint density at radius 1 is 1.28 bits per heavy atom. The van der Waals surface area contributed by atoms with Gasteiger partial charge in [-0.05, 0) is 23.8 Å². The topological polar surface area (TPSA) is 56.1 Å². The molecule has 0 saturated carbocycles. The Balaban J connectivity index is 2.07. The zero-order chi connectivity index (χ0) is 12.6. The Hall–Kier alpha value is -1.56. The molecule has 0 aromatic heterocycles. The lowest BCUT2D eigenvalue weighted by Gasteiger charge is -2.38. The SMILES string of the molecule is OS1(O)CCN2C=CC=C(c3cc[c]cc3)C2=N1. The molecule has 2 N–H and O–H groups in total. The summed E-state index contributed by atoms with van der Waals surface area (Å²) in [6, 6.07) is 10.5. The maximum atomic E-state index is 9.75. The fourth-order valence-corrected chi connectivity index (χ4v) is 3.03. The van der Waals surface area contributed by atoms with Crippen molar-refractivity contribution >= 4 is 22.2 Å². The molecule has 0 amide bonds. The zero-order valence-corrected chi connectivity index (χ0v) is 10.5. The third-order valence-corrected chi connectivity index (χ3v) is 4.11. The first-order valence-corrected chi connectivity index (χ1v) is 7.31. The second-order valence-electron chi connectivity index (χ2n) is 4.16. The minimum Gasteiger partial charge on any atom is -0.330 e. The predicted molar refractivity (Wildman–Crippen MR) is 74.3 cm³/mol. The zero-order valence-electron chi connectivity index (χ0n) is 9.65. The molecule has 1 aromatic rings. The number of nitrogens with zero attached hydrogens (tertiary/aromatic N) is 2. The van der Waals surface area contributed by atoms with Gasteiger partial charge in [-0.1, -0.05) is 35.0 Å². The van der Waals surface area contributed by atoms with Gasteiger partial charge in [0.15, 0.2) is 5.84 Å². The molecule has 3 rings (SSSR count). The van der Waals surface area contributed by atoms with Crippen LogP contribution in [-0.2, 0) is 0 Å². The Bertz CT molecular complexity index is 549. The third-order valence-electron chi connectivity index (χ3n) is 2.91. The highest BCUT2D eigenvalue weighted by Gasteiger charge is 2.27. The van der Waals surface area contributed by atoms with Crippen molar-refractivity contribution in [1.29, 1.82) is 0 Å². The van der Waals surface area contributed by atoms with Gasteiger partial charge in [0, 0.05) is 18.3 Å². The third kappa shape index (κ3) is 2.08. The maximum absolute atomic E-state index is 9.75. The normalized spacial score (nSPS) is 22.9. The molecule has 5 heteroatoms. The van der Waals surface area contributed by atoms with Crippen LogP contribution in [0.3, 0.4) is 0 Å². The largest absolute Gasteiger partial charge is 0.330 e. The van der Waals surface area contributed by atoms with E-state index >= 15 is 0 Å². The van der Waals surface area contributed by atoms with Gasteiger partial charge in [0.2, 0.25) is 0 Å². The van der Waals surface area contributed by atoms with Crippen LogP contribution in [0.1, 0.15) is 5.56 Å². The fraction of sp³-hybridized carbons (Fsp3) is 0.154. The highest BCUT2D eigenvalue weighted by Crippen LogP contribution is 2.44. The summed E-state index contributed by atoms with van der Waals surface area (Å²) in [5.74, 6) is 0.923. The van der Waals surface area contributed by atoms with E-state index in [1.165, 1.54) is 0 Å². The van der Waals surface area contributed by atoms with Gasteiger partial charge in [-0.25, -0.2) is 0 Å². The molecule has 1 radical (unpaired) electrons. The van der Waals surface area contributed by atoms with E-state index in [0.717, 1.165) is 11.1 Å². The van der Waals surface area contributed by atoms with Crippen molar-refractivity contribution in [3.8, 4) is 0 Å². The molecule has 0 fully saturated rings. The number of benzene rings is 1. The van der Waals surface area contributed by atoms with E-state index < -0.39 is 10.8 Å². The van der Waals surface area contributed by atoms with E-state index in [0.29, 0.717) is 12.4 Å². The lowest BCUT2D eigenvalue weighted by atomic mass is 10.0. The van der Waals surface area contributed by atoms with Gasteiger partial charge >= 0.3 is 0 Å². The molecule has 4 nitrogen and oxygen atoms in total. The second-order valence-corrected chi connectivity index (χ2v) is 6.01. The quantitative estimate of drug-likeness (QED) is 0.817. The molecule has 93 valence electrons. The van der Waals surface area contributed by atoms with E-state index in [-0.39, 0.29) is 5.75 Å². The van der Waals surface area contributed by atoms with Gasteiger partial charge in [0.05, 0.1) is 5.75 Å². The molecule has 1 aromatic carbocycles. The van der Waals surface area contributed by atoms with Gasteiger partial charge in [0.1, 0.15) is 0 Å². The summed E-state index contributed by atoms with van der Waals surface area (Å²) in [7, 11) is -2.83. The van der Waals surface area contributed by atoms with Crippen LogP contribution in [-0.4, -0.2) is 32.1 Å². The average molecular weight is 261 g/mol. The van der Waals surface area contributed by atoms with Crippen LogP contribution in [0, 0.1) is 6.07 Å². The first kappa shape index (κ1) is 11.5. The predicted octanol–water partition coefficient (Wildman–Crippen LogP) is 2.78. The van der Waals surface area contributed by atoms with Gasteiger partial charge in [-0.15, -0.1) is 4.40 Å². The van der Waals surface area contributed by atoms with Crippen molar-refractivity contribution in [2.45, 2.75) is 0 Å². The van der Waals surface area contributed by atoms with Crippen LogP contribution < -0.4 is 0 Å². The van der Waals surface area contributed by atoms with Crippen LogP contribution >= 0.6 is 10.8 Å². The fourth-order valence-electron chi connectivity index (χ4n) is 2.02. The first-order valence-electron chi connectivity index (χ1n) is 5.63. The maximum Gasteiger partial charge on any atom is 0.160 e. The smallest absolute Gasteiger partial charge is 0.160 e. The Labute approximate surface area is 107 Å². The van der Waals surface area contributed by atoms with Crippen LogP contribution in [0.2, 0.25) is 0 Å². The summed E-state index contributed by atoms with van der Waals surface area (Å²) in [5.41, 5.74) is 1.91. The molecule has 18 heavy (non-hydrogen) atoms. The number of rotatable bonds is 1. The molecule has 2 aliphatic rings. The molecule has 0 atom stereocenters. The van der Waals surface area contributed by atoms with E-state index in [2.05, 4.69) is 10.5 Å². The minimum atomic E-state index is -2.83. The van der Waals surface area contributed by atoms with Crippen molar-refractivity contribution in [2.24, 2.45) is 4.40 Å². The summed E-state index contributed by atoms with van der Waals surface area (Å²) in [5, 5.41) is 0. The van der Waals surface area contributed by atoms with Crippen molar-refractivity contribution in [2.75, 3.05) is 12.3 Å². The van der Waals surface area contributed by atoms with Crippen LogP contribution in [0.5, 0.6) is 0 Å². The number of allylic oxidation sites excluding steroid dienone is 2. The highest BCUT2D eigenvalue weighted by molar-refractivity contribution is 8.23. The monoisotopic (exact) mass is 261 g/mol. The van der Waals surface area contributed by atoms with Crippen molar-refractivity contribution < 1.29 is 9.11 Å². The minimum absolute atomic E-state index is 0.288. The van der Waals surface area contributed by atoms with E-state index in [1.54, 1.807) is 0 Å². The highest BCUT2D eigenvalue weighted by atomic mass is 32.3. The first-order chi connectivity index (χ1) is 8.66. The standard InChI is InChI=1S/C13H13N2O2S/c16-18(17)10-9-15-8-4-7-12(13(15)14-18)11-5-2-1-3-6-11/h2-8,16-17H,9-10H2. The number of hydrogen-bond donors (Lipinski definition) is 2. The molecule has 0 unspecified atom stereocenters. The van der Waals surface area contributed by atoms with E-state index in [1.807, 2.05) is 47.5 Å². The second kappa shape index (κ2) is 4.28. The van der Waals surface area contributed by atoms with Crippen molar-refractivity contribution in [3.63, 3.8) is 0 Å². The van der Waals surface area contributed by atoms with Gasteiger partial charge < -0.3 is 4.90 Å². The summed E-state index contributed by atoms with van der Waals surface area (Å²) in [6.07, 6.45) is 5.79. The molecule has 0 saturated heterocycles. The number of amidine groups is 1. The number of hydrogen-bond acceptors (Lipinski definition) is 4. The molecular formula is C13H13N2O2S. The summed E-state index contributed by atoms with van der Waals surface area (Å²) in [6.45, 7) is 0.577. The van der Waals surface area contributed by atoms with E-state index in [9.17, 15) is 9.11 Å². The van der Waals surface area contributed by atoms with Crippen LogP contribution in [0.15, 0.2) is 47.0 Å². The molecule has 2 aliphatic heterocycles. The van der Waals surface area contributed by atoms with Gasteiger partial charge in [0.25, 0.3) is 0 Å². The van der Waals surface area contributed by atoms with Crippen LogP contribution in [0.4, 0.5) is 0 Å². The Morgan fingerprint density at radius 3 is 2.83 bits per heavy atom. The lowest BCUT2D eigenvalue weighted by molar-refractivity contribution is 0.467.